The lowest BCUT2D eigenvalue weighted by Crippen LogP contribution is -2.05. The Morgan fingerprint density at radius 3 is 2.76 bits per heavy atom. The van der Waals surface area contributed by atoms with E-state index in [0.29, 0.717) is 12.1 Å². The summed E-state index contributed by atoms with van der Waals surface area (Å²) in [5.74, 6) is 0. The molecule has 0 saturated heterocycles. The third-order valence-electron chi connectivity index (χ3n) is 2.43. The van der Waals surface area contributed by atoms with Crippen molar-refractivity contribution in [2.45, 2.75) is 6.92 Å². The van der Waals surface area contributed by atoms with E-state index in [9.17, 15) is 9.59 Å². The third-order valence-corrected chi connectivity index (χ3v) is 2.43. The van der Waals surface area contributed by atoms with Crippen LogP contribution in [0.1, 0.15) is 5.56 Å². The van der Waals surface area contributed by atoms with Crippen molar-refractivity contribution in [1.29, 1.82) is 0 Å². The SMILES string of the molecule is Cc1ccc(-c2ccc(=O)[nH]n2)cc1NC=O. The zero-order valence-electron chi connectivity index (χ0n) is 9.23. The van der Waals surface area contributed by atoms with Crippen LogP contribution in [-0.2, 0) is 4.79 Å². The summed E-state index contributed by atoms with van der Waals surface area (Å²) in [5, 5.41) is 8.91. The topological polar surface area (TPSA) is 74.8 Å². The summed E-state index contributed by atoms with van der Waals surface area (Å²) in [4.78, 5) is 21.3. The Labute approximate surface area is 97.5 Å². The number of hydrogen-bond donors (Lipinski definition) is 2. The van der Waals surface area contributed by atoms with E-state index in [1.54, 1.807) is 6.07 Å². The van der Waals surface area contributed by atoms with Crippen LogP contribution in [0.3, 0.4) is 0 Å². The number of hydrogen-bond acceptors (Lipinski definition) is 3. The third kappa shape index (κ3) is 2.39. The van der Waals surface area contributed by atoms with Gasteiger partial charge < -0.3 is 5.32 Å². The highest BCUT2D eigenvalue weighted by molar-refractivity contribution is 5.77. The van der Waals surface area contributed by atoms with E-state index >= 15 is 0 Å². The maximum atomic E-state index is 10.9. The predicted molar refractivity (Wildman–Crippen MR) is 64.7 cm³/mol. The van der Waals surface area contributed by atoms with Gasteiger partial charge in [-0.15, -0.1) is 0 Å². The minimum absolute atomic E-state index is 0.243. The van der Waals surface area contributed by atoms with Crippen molar-refractivity contribution in [3.8, 4) is 11.3 Å². The van der Waals surface area contributed by atoms with Gasteiger partial charge in [0, 0.05) is 17.3 Å². The summed E-state index contributed by atoms with van der Waals surface area (Å²) < 4.78 is 0. The molecule has 1 aromatic heterocycles. The second-order valence-corrected chi connectivity index (χ2v) is 3.60. The summed E-state index contributed by atoms with van der Waals surface area (Å²) >= 11 is 0. The highest BCUT2D eigenvalue weighted by atomic mass is 16.1. The first-order chi connectivity index (χ1) is 8.20. The largest absolute Gasteiger partial charge is 0.328 e. The molecule has 0 aliphatic carbocycles. The Balaban J connectivity index is 2.45. The number of aromatic amines is 1. The maximum absolute atomic E-state index is 10.9. The van der Waals surface area contributed by atoms with Crippen LogP contribution in [0, 0.1) is 6.92 Å². The fourth-order valence-electron chi connectivity index (χ4n) is 1.51. The highest BCUT2D eigenvalue weighted by Gasteiger charge is 2.03. The molecule has 2 N–H and O–H groups in total. The second kappa shape index (κ2) is 4.61. The van der Waals surface area contributed by atoms with E-state index in [1.807, 2.05) is 25.1 Å². The lowest BCUT2D eigenvalue weighted by atomic mass is 10.1. The molecular formula is C12H11N3O2. The summed E-state index contributed by atoms with van der Waals surface area (Å²) in [5.41, 5.74) is 2.93. The Morgan fingerprint density at radius 2 is 2.12 bits per heavy atom. The van der Waals surface area contributed by atoms with Gasteiger partial charge in [-0.1, -0.05) is 12.1 Å². The lowest BCUT2D eigenvalue weighted by Gasteiger charge is -2.06. The van der Waals surface area contributed by atoms with Gasteiger partial charge in [-0.2, -0.15) is 5.10 Å². The molecule has 5 heteroatoms. The zero-order chi connectivity index (χ0) is 12.3. The highest BCUT2D eigenvalue weighted by Crippen LogP contribution is 2.22. The van der Waals surface area contributed by atoms with Crippen LogP contribution in [0.25, 0.3) is 11.3 Å². The molecule has 0 unspecified atom stereocenters. The van der Waals surface area contributed by atoms with E-state index < -0.39 is 0 Å². The molecule has 0 fully saturated rings. The molecule has 5 nitrogen and oxygen atoms in total. The summed E-state index contributed by atoms with van der Waals surface area (Å²) in [6, 6.07) is 8.62. The zero-order valence-corrected chi connectivity index (χ0v) is 9.23. The van der Waals surface area contributed by atoms with Gasteiger partial charge in [0.2, 0.25) is 6.41 Å². The minimum Gasteiger partial charge on any atom is -0.328 e. The quantitative estimate of drug-likeness (QED) is 0.779. The normalized spacial score (nSPS) is 9.94. The first-order valence-electron chi connectivity index (χ1n) is 5.07. The molecule has 0 bridgehead atoms. The number of carbonyl (C=O) groups is 1. The molecule has 17 heavy (non-hydrogen) atoms. The maximum Gasteiger partial charge on any atom is 0.264 e. The van der Waals surface area contributed by atoms with Crippen LogP contribution in [0.5, 0.6) is 0 Å². The fraction of sp³-hybridized carbons (Fsp3) is 0.0833. The summed E-state index contributed by atoms with van der Waals surface area (Å²) in [7, 11) is 0. The number of nitrogens with zero attached hydrogens (tertiary/aromatic N) is 1. The lowest BCUT2D eigenvalue weighted by molar-refractivity contribution is -0.105. The Morgan fingerprint density at radius 1 is 1.29 bits per heavy atom. The Bertz CT molecular complexity index is 584. The van der Waals surface area contributed by atoms with E-state index in [2.05, 4.69) is 15.5 Å². The number of anilines is 1. The van der Waals surface area contributed by atoms with Crippen molar-refractivity contribution >= 4 is 12.1 Å². The van der Waals surface area contributed by atoms with Gasteiger partial charge >= 0.3 is 0 Å². The molecule has 86 valence electrons. The van der Waals surface area contributed by atoms with Crippen LogP contribution in [0.15, 0.2) is 35.1 Å². The number of carbonyl (C=O) groups excluding carboxylic acids is 1. The number of rotatable bonds is 3. The van der Waals surface area contributed by atoms with Crippen molar-refractivity contribution in [3.63, 3.8) is 0 Å². The monoisotopic (exact) mass is 229 g/mol. The molecule has 0 aliphatic heterocycles. The summed E-state index contributed by atoms with van der Waals surface area (Å²) in [6.45, 7) is 1.90. The molecule has 2 rings (SSSR count). The number of H-pyrrole nitrogens is 1. The molecule has 1 heterocycles. The van der Waals surface area contributed by atoms with Crippen molar-refractivity contribution in [2.24, 2.45) is 0 Å². The number of amides is 1. The predicted octanol–water partition coefficient (Wildman–Crippen LogP) is 1.31. The van der Waals surface area contributed by atoms with Crippen LogP contribution in [-0.4, -0.2) is 16.6 Å². The first kappa shape index (κ1) is 11.1. The van der Waals surface area contributed by atoms with E-state index in [1.165, 1.54) is 6.07 Å². The average molecular weight is 229 g/mol. The average Bonchev–Trinajstić information content (AvgIpc) is 2.33. The molecule has 0 radical (unpaired) electrons. The van der Waals surface area contributed by atoms with Gasteiger partial charge in [-0.05, 0) is 24.6 Å². The molecule has 1 amide bonds. The van der Waals surface area contributed by atoms with Crippen LogP contribution >= 0.6 is 0 Å². The molecule has 2 aromatic rings. The van der Waals surface area contributed by atoms with Crippen LogP contribution in [0.2, 0.25) is 0 Å². The Kier molecular flexibility index (Phi) is 3.00. The van der Waals surface area contributed by atoms with Crippen molar-refractivity contribution in [1.82, 2.24) is 10.2 Å². The van der Waals surface area contributed by atoms with Gasteiger partial charge in [0.15, 0.2) is 0 Å². The standard InChI is InChI=1S/C12H11N3O2/c1-8-2-3-9(6-11(8)13-7-16)10-4-5-12(17)15-14-10/h2-7H,1H3,(H,13,16)(H,15,17). The molecular weight excluding hydrogens is 218 g/mol. The molecule has 0 saturated carbocycles. The van der Waals surface area contributed by atoms with E-state index in [-0.39, 0.29) is 5.56 Å². The van der Waals surface area contributed by atoms with Crippen molar-refractivity contribution in [2.75, 3.05) is 5.32 Å². The van der Waals surface area contributed by atoms with Gasteiger partial charge in [0.05, 0.1) is 5.69 Å². The first-order valence-corrected chi connectivity index (χ1v) is 5.07. The van der Waals surface area contributed by atoms with E-state index in [4.69, 9.17) is 0 Å². The number of benzene rings is 1. The summed E-state index contributed by atoms with van der Waals surface area (Å²) in [6.07, 6.45) is 0.631. The number of nitrogens with one attached hydrogen (secondary N) is 2. The number of aromatic nitrogens is 2. The van der Waals surface area contributed by atoms with Gasteiger partial charge in [-0.25, -0.2) is 5.10 Å². The smallest absolute Gasteiger partial charge is 0.264 e. The van der Waals surface area contributed by atoms with Gasteiger partial charge in [-0.3, -0.25) is 9.59 Å². The fourth-order valence-corrected chi connectivity index (χ4v) is 1.51. The van der Waals surface area contributed by atoms with Crippen LogP contribution < -0.4 is 10.9 Å². The Hall–Kier alpha value is -2.43. The molecule has 0 atom stereocenters. The molecule has 0 spiro atoms. The minimum atomic E-state index is -0.243. The van der Waals surface area contributed by atoms with Gasteiger partial charge in [0.25, 0.3) is 5.56 Å². The van der Waals surface area contributed by atoms with Gasteiger partial charge in [0.1, 0.15) is 0 Å². The molecule has 0 aliphatic rings. The molecule has 1 aromatic carbocycles. The van der Waals surface area contributed by atoms with Crippen LogP contribution in [0.4, 0.5) is 5.69 Å². The second-order valence-electron chi connectivity index (χ2n) is 3.60. The van der Waals surface area contributed by atoms with Crippen molar-refractivity contribution < 1.29 is 4.79 Å². The van der Waals surface area contributed by atoms with Crippen molar-refractivity contribution in [3.05, 3.63) is 46.2 Å². The van der Waals surface area contributed by atoms with E-state index in [0.717, 1.165) is 16.8 Å². The number of aryl methyl sites for hydroxylation is 1.